The first-order valence-corrected chi connectivity index (χ1v) is 13.9. The molecule has 7 aromatic carbocycles. The van der Waals surface area contributed by atoms with Gasteiger partial charge in [0.25, 0.3) is 0 Å². The van der Waals surface area contributed by atoms with Gasteiger partial charge in [0.1, 0.15) is 0 Å². The highest BCUT2D eigenvalue weighted by atomic mass is 15.1. The normalized spacial score (nSPS) is 11.6. The van der Waals surface area contributed by atoms with Crippen LogP contribution in [0.1, 0.15) is 0 Å². The number of nitrogens with zero attached hydrogens (tertiary/aromatic N) is 4. The van der Waals surface area contributed by atoms with Gasteiger partial charge < -0.3 is 0 Å². The monoisotopic (exact) mass is 538 g/mol. The van der Waals surface area contributed by atoms with Crippen LogP contribution in [0.15, 0.2) is 178 Å². The van der Waals surface area contributed by atoms with Crippen LogP contribution in [0.3, 0.4) is 0 Å². The van der Waals surface area contributed by atoms with Crippen LogP contribution in [0.25, 0.3) is 43.8 Å². The van der Waals surface area contributed by atoms with Gasteiger partial charge in [-0.05, 0) is 104 Å². The van der Waals surface area contributed by atoms with E-state index in [-0.39, 0.29) is 0 Å². The minimum atomic E-state index is 0.817. The van der Waals surface area contributed by atoms with Crippen molar-refractivity contribution in [3.05, 3.63) is 158 Å². The second-order valence-electron chi connectivity index (χ2n) is 10.1. The molecule has 4 heteroatoms. The van der Waals surface area contributed by atoms with Crippen molar-refractivity contribution in [2.24, 2.45) is 20.5 Å². The van der Waals surface area contributed by atoms with Crippen LogP contribution < -0.4 is 0 Å². The smallest absolute Gasteiger partial charge is 0.0857 e. The van der Waals surface area contributed by atoms with E-state index in [4.69, 9.17) is 0 Å². The zero-order chi connectivity index (χ0) is 28.1. The third-order valence-electron chi connectivity index (χ3n) is 7.29. The molecule has 0 spiro atoms. The zero-order valence-corrected chi connectivity index (χ0v) is 22.8. The van der Waals surface area contributed by atoms with Gasteiger partial charge in [-0.2, -0.15) is 20.5 Å². The van der Waals surface area contributed by atoms with Crippen molar-refractivity contribution in [3.8, 4) is 22.3 Å². The highest BCUT2D eigenvalue weighted by molar-refractivity contribution is 6.13. The van der Waals surface area contributed by atoms with Crippen LogP contribution in [0.2, 0.25) is 0 Å². The lowest BCUT2D eigenvalue weighted by molar-refractivity contribution is 1.23. The number of rotatable bonds is 6. The Morgan fingerprint density at radius 1 is 0.286 bits per heavy atom. The number of azo groups is 2. The maximum atomic E-state index is 4.44. The summed E-state index contributed by atoms with van der Waals surface area (Å²) in [6.07, 6.45) is 0. The Morgan fingerprint density at radius 2 is 0.738 bits per heavy atom. The SMILES string of the molecule is c1ccc(N=Nc2ccc(-c3ccc4cc5ccccc5c(-c5ccc(N=Nc6ccccc6)cc5)c4c3)cc2)cc1. The molecule has 0 radical (unpaired) electrons. The van der Waals surface area contributed by atoms with Crippen molar-refractivity contribution in [1.29, 1.82) is 0 Å². The minimum Gasteiger partial charge on any atom is -0.151 e. The highest BCUT2D eigenvalue weighted by Gasteiger charge is 2.12. The van der Waals surface area contributed by atoms with Gasteiger partial charge in [-0.3, -0.25) is 0 Å². The molecule has 0 heterocycles. The summed E-state index contributed by atoms with van der Waals surface area (Å²) in [7, 11) is 0. The predicted molar refractivity (Wildman–Crippen MR) is 174 cm³/mol. The minimum absolute atomic E-state index is 0.817. The fraction of sp³-hybridized carbons (Fsp3) is 0. The average Bonchev–Trinajstić information content (AvgIpc) is 3.06. The summed E-state index contributed by atoms with van der Waals surface area (Å²) >= 11 is 0. The lowest BCUT2D eigenvalue weighted by Gasteiger charge is -2.14. The van der Waals surface area contributed by atoms with Gasteiger partial charge in [0, 0.05) is 0 Å². The molecule has 0 amide bonds. The third-order valence-corrected chi connectivity index (χ3v) is 7.29. The topological polar surface area (TPSA) is 49.4 Å². The Labute approximate surface area is 244 Å². The molecule has 0 bridgehead atoms. The molecule has 7 rings (SSSR count). The van der Waals surface area contributed by atoms with Crippen LogP contribution in [0.5, 0.6) is 0 Å². The standard InChI is InChI=1S/C38H26N4/c1-3-10-32(11-4-1)39-41-34-21-17-27(18-22-34)29-15-16-31-25-30-9-7-8-14-36(30)38(37(31)26-29)28-19-23-35(24-20-28)42-40-33-12-5-2-6-13-33/h1-26H. The Balaban J connectivity index is 1.26. The van der Waals surface area contributed by atoms with E-state index < -0.39 is 0 Å². The molecule has 7 aromatic rings. The van der Waals surface area contributed by atoms with Gasteiger partial charge >= 0.3 is 0 Å². The van der Waals surface area contributed by atoms with Gasteiger partial charge in [-0.25, -0.2) is 0 Å². The summed E-state index contributed by atoms with van der Waals surface area (Å²) in [6, 6.07) is 53.7. The fourth-order valence-corrected chi connectivity index (χ4v) is 5.19. The van der Waals surface area contributed by atoms with Crippen molar-refractivity contribution < 1.29 is 0 Å². The van der Waals surface area contributed by atoms with Crippen molar-refractivity contribution in [2.75, 3.05) is 0 Å². The van der Waals surface area contributed by atoms with Crippen molar-refractivity contribution >= 4 is 44.3 Å². The lowest BCUT2D eigenvalue weighted by atomic mass is 9.90. The second-order valence-corrected chi connectivity index (χ2v) is 10.1. The van der Waals surface area contributed by atoms with Crippen molar-refractivity contribution in [2.45, 2.75) is 0 Å². The summed E-state index contributed by atoms with van der Waals surface area (Å²) in [5.74, 6) is 0. The Hall–Kier alpha value is -5.74. The molecular weight excluding hydrogens is 512 g/mol. The second kappa shape index (κ2) is 11.4. The Bertz CT molecular complexity index is 2050. The molecule has 0 atom stereocenters. The molecule has 198 valence electrons. The van der Waals surface area contributed by atoms with Crippen LogP contribution in [0, 0.1) is 0 Å². The molecule has 0 aliphatic heterocycles. The summed E-state index contributed by atoms with van der Waals surface area (Å²) in [5, 5.41) is 22.4. The number of benzene rings is 7. The highest BCUT2D eigenvalue weighted by Crippen LogP contribution is 2.39. The largest absolute Gasteiger partial charge is 0.151 e. The average molecular weight is 539 g/mol. The first-order chi connectivity index (χ1) is 20.8. The molecule has 4 nitrogen and oxygen atoms in total. The Morgan fingerprint density at radius 3 is 1.33 bits per heavy atom. The molecule has 0 saturated carbocycles. The molecular formula is C38H26N4. The van der Waals surface area contributed by atoms with Crippen molar-refractivity contribution in [3.63, 3.8) is 0 Å². The summed E-state index contributed by atoms with van der Waals surface area (Å²) < 4.78 is 0. The number of fused-ring (bicyclic) bond motifs is 2. The lowest BCUT2D eigenvalue weighted by Crippen LogP contribution is -1.87. The quantitative estimate of drug-likeness (QED) is 0.149. The van der Waals surface area contributed by atoms with E-state index in [1.165, 1.54) is 27.1 Å². The van der Waals surface area contributed by atoms with E-state index in [1.807, 2.05) is 84.9 Å². The molecule has 42 heavy (non-hydrogen) atoms. The molecule has 0 unspecified atom stereocenters. The van der Waals surface area contributed by atoms with E-state index in [9.17, 15) is 0 Å². The molecule has 0 aliphatic carbocycles. The molecule has 0 aliphatic rings. The predicted octanol–water partition coefficient (Wildman–Crippen LogP) is 12.2. The Kier molecular flexibility index (Phi) is 6.85. The summed E-state index contributed by atoms with van der Waals surface area (Å²) in [6.45, 7) is 0. The van der Waals surface area contributed by atoms with Gasteiger partial charge in [0.05, 0.1) is 22.7 Å². The van der Waals surface area contributed by atoms with Crippen LogP contribution in [-0.2, 0) is 0 Å². The molecule has 0 N–H and O–H groups in total. The molecule has 0 saturated heterocycles. The molecule has 0 aromatic heterocycles. The van der Waals surface area contributed by atoms with E-state index in [1.54, 1.807) is 0 Å². The maximum Gasteiger partial charge on any atom is 0.0857 e. The van der Waals surface area contributed by atoms with E-state index in [0.717, 1.165) is 39.4 Å². The van der Waals surface area contributed by atoms with E-state index in [0.29, 0.717) is 0 Å². The van der Waals surface area contributed by atoms with Gasteiger partial charge in [0.15, 0.2) is 0 Å². The first-order valence-electron chi connectivity index (χ1n) is 13.9. The van der Waals surface area contributed by atoms with Crippen LogP contribution in [-0.4, -0.2) is 0 Å². The summed E-state index contributed by atoms with van der Waals surface area (Å²) in [4.78, 5) is 0. The van der Waals surface area contributed by atoms with Crippen LogP contribution >= 0.6 is 0 Å². The van der Waals surface area contributed by atoms with Crippen molar-refractivity contribution in [1.82, 2.24) is 0 Å². The first kappa shape index (κ1) is 25.2. The van der Waals surface area contributed by atoms with E-state index >= 15 is 0 Å². The van der Waals surface area contributed by atoms with Gasteiger partial charge in [-0.15, -0.1) is 0 Å². The third kappa shape index (κ3) is 5.34. The van der Waals surface area contributed by atoms with Gasteiger partial charge in [-0.1, -0.05) is 97.1 Å². The number of hydrogen-bond acceptors (Lipinski definition) is 4. The van der Waals surface area contributed by atoms with E-state index in [2.05, 4.69) is 93.3 Å². The fourth-order valence-electron chi connectivity index (χ4n) is 5.19. The summed E-state index contributed by atoms with van der Waals surface area (Å²) in [5.41, 5.74) is 7.95. The van der Waals surface area contributed by atoms with Crippen LogP contribution in [0.4, 0.5) is 22.7 Å². The zero-order valence-electron chi connectivity index (χ0n) is 22.8. The number of hydrogen-bond donors (Lipinski definition) is 0. The van der Waals surface area contributed by atoms with Gasteiger partial charge in [0.2, 0.25) is 0 Å². The molecule has 0 fully saturated rings. The maximum absolute atomic E-state index is 4.44.